The van der Waals surface area contributed by atoms with Crippen molar-refractivity contribution in [1.82, 2.24) is 5.32 Å². The van der Waals surface area contributed by atoms with Gasteiger partial charge in [0.2, 0.25) is 0 Å². The molecule has 1 aliphatic rings. The molecule has 1 atom stereocenters. The highest BCUT2D eigenvalue weighted by atomic mass is 16.3. The number of Topliss-reactive ketones (excluding diaryl/α,β-unsaturated/α-hetero) is 1. The summed E-state index contributed by atoms with van der Waals surface area (Å²) in [4.78, 5) is 22.1. The average molecular weight is 183 g/mol. The van der Waals surface area contributed by atoms with E-state index in [1.807, 2.05) is 13.8 Å². The molecule has 0 bridgehead atoms. The monoisotopic (exact) mass is 183 g/mol. The van der Waals surface area contributed by atoms with Gasteiger partial charge in [0, 0.05) is 0 Å². The molecule has 1 heterocycles. The second-order valence-corrected chi connectivity index (χ2v) is 3.51. The molecule has 4 heteroatoms. The maximum Gasteiger partial charge on any atom is 0.259 e. The molecule has 13 heavy (non-hydrogen) atoms. The Labute approximate surface area is 76.6 Å². The van der Waals surface area contributed by atoms with E-state index in [2.05, 4.69) is 5.32 Å². The highest BCUT2D eigenvalue weighted by Crippen LogP contribution is 2.20. The van der Waals surface area contributed by atoms with Crippen LogP contribution < -0.4 is 5.32 Å². The lowest BCUT2D eigenvalue weighted by Crippen LogP contribution is -2.33. The van der Waals surface area contributed by atoms with Gasteiger partial charge >= 0.3 is 0 Å². The minimum absolute atomic E-state index is 0.0841. The van der Waals surface area contributed by atoms with Crippen molar-refractivity contribution in [3.05, 3.63) is 11.3 Å². The molecule has 0 radical (unpaired) electrons. The molecule has 2 N–H and O–H groups in total. The topological polar surface area (TPSA) is 66.4 Å². The number of hydrogen-bond donors (Lipinski definition) is 2. The highest BCUT2D eigenvalue weighted by molar-refractivity contribution is 6.20. The third-order valence-corrected chi connectivity index (χ3v) is 2.08. The van der Waals surface area contributed by atoms with Crippen molar-refractivity contribution in [2.75, 3.05) is 0 Å². The molecular formula is C9H13NO3. The van der Waals surface area contributed by atoms with Crippen molar-refractivity contribution in [2.24, 2.45) is 5.92 Å². The number of hydrogen-bond acceptors (Lipinski definition) is 3. The zero-order valence-corrected chi connectivity index (χ0v) is 7.92. The largest absolute Gasteiger partial charge is 0.509 e. The lowest BCUT2D eigenvalue weighted by molar-refractivity contribution is -0.121. The van der Waals surface area contributed by atoms with E-state index in [-0.39, 0.29) is 17.3 Å². The molecule has 1 aliphatic heterocycles. The molecule has 0 saturated carbocycles. The second kappa shape index (κ2) is 3.20. The van der Waals surface area contributed by atoms with E-state index in [0.29, 0.717) is 0 Å². The Morgan fingerprint density at radius 1 is 1.54 bits per heavy atom. The highest BCUT2D eigenvalue weighted by Gasteiger charge is 2.35. The van der Waals surface area contributed by atoms with Crippen LogP contribution in [0.4, 0.5) is 0 Å². The summed E-state index contributed by atoms with van der Waals surface area (Å²) in [6, 6.07) is -0.411. The SMILES string of the molecule is CC(=O)C1=C(O)C(C(C)C)NC1=O. The summed E-state index contributed by atoms with van der Waals surface area (Å²) in [6.45, 7) is 5.00. The lowest BCUT2D eigenvalue weighted by atomic mass is 10.0. The summed E-state index contributed by atoms with van der Waals surface area (Å²) in [5.41, 5.74) is -0.0984. The summed E-state index contributed by atoms with van der Waals surface area (Å²) in [5.74, 6) is -0.893. The summed E-state index contributed by atoms with van der Waals surface area (Å²) in [6.07, 6.45) is 0. The van der Waals surface area contributed by atoms with E-state index in [1.54, 1.807) is 0 Å². The van der Waals surface area contributed by atoms with E-state index >= 15 is 0 Å². The molecule has 0 aromatic heterocycles. The first-order chi connectivity index (χ1) is 5.95. The minimum atomic E-state index is -0.469. The van der Waals surface area contributed by atoms with Gasteiger partial charge in [-0.25, -0.2) is 0 Å². The first-order valence-corrected chi connectivity index (χ1v) is 4.20. The number of rotatable bonds is 2. The third kappa shape index (κ3) is 1.56. The molecular weight excluding hydrogens is 170 g/mol. The molecule has 72 valence electrons. The van der Waals surface area contributed by atoms with E-state index in [9.17, 15) is 14.7 Å². The van der Waals surface area contributed by atoms with Gasteiger partial charge in [-0.3, -0.25) is 9.59 Å². The lowest BCUT2D eigenvalue weighted by Gasteiger charge is -2.14. The smallest absolute Gasteiger partial charge is 0.259 e. The van der Waals surface area contributed by atoms with Crippen LogP contribution in [0.5, 0.6) is 0 Å². The van der Waals surface area contributed by atoms with Crippen LogP contribution in [-0.4, -0.2) is 22.8 Å². The average Bonchev–Trinajstić information content (AvgIpc) is 2.26. The summed E-state index contributed by atoms with van der Waals surface area (Å²) in [5, 5.41) is 12.1. The number of nitrogens with one attached hydrogen (secondary N) is 1. The van der Waals surface area contributed by atoms with Gasteiger partial charge in [0.15, 0.2) is 5.78 Å². The standard InChI is InChI=1S/C9H13NO3/c1-4(2)7-8(12)6(5(3)11)9(13)10-7/h4,7,12H,1-3H3,(H,10,13). The predicted molar refractivity (Wildman–Crippen MR) is 47.1 cm³/mol. The van der Waals surface area contributed by atoms with Gasteiger partial charge in [0.1, 0.15) is 11.3 Å². The molecule has 0 aromatic rings. The molecule has 1 unspecified atom stereocenters. The van der Waals surface area contributed by atoms with E-state index in [0.717, 1.165) is 0 Å². The molecule has 1 amide bonds. The Morgan fingerprint density at radius 2 is 2.08 bits per heavy atom. The fraction of sp³-hybridized carbons (Fsp3) is 0.556. The van der Waals surface area contributed by atoms with Crippen LogP contribution in [0.2, 0.25) is 0 Å². The Morgan fingerprint density at radius 3 is 2.31 bits per heavy atom. The van der Waals surface area contributed by atoms with E-state index in [1.165, 1.54) is 6.92 Å². The van der Waals surface area contributed by atoms with Crippen molar-refractivity contribution in [1.29, 1.82) is 0 Å². The molecule has 0 aromatic carbocycles. The molecule has 1 rings (SSSR count). The normalized spacial score (nSPS) is 22.5. The van der Waals surface area contributed by atoms with Gasteiger partial charge in [-0.1, -0.05) is 13.8 Å². The fourth-order valence-electron chi connectivity index (χ4n) is 1.38. The Kier molecular flexibility index (Phi) is 2.40. The van der Waals surface area contributed by atoms with Crippen LogP contribution in [0.1, 0.15) is 20.8 Å². The number of carbonyl (C=O) groups is 2. The molecule has 0 fully saturated rings. The number of amides is 1. The van der Waals surface area contributed by atoms with E-state index < -0.39 is 17.7 Å². The van der Waals surface area contributed by atoms with Crippen LogP contribution >= 0.6 is 0 Å². The van der Waals surface area contributed by atoms with Crippen LogP contribution in [0.25, 0.3) is 0 Å². The van der Waals surface area contributed by atoms with Crippen molar-refractivity contribution in [3.8, 4) is 0 Å². The van der Waals surface area contributed by atoms with Crippen LogP contribution in [-0.2, 0) is 9.59 Å². The van der Waals surface area contributed by atoms with Crippen molar-refractivity contribution < 1.29 is 14.7 Å². The van der Waals surface area contributed by atoms with Crippen LogP contribution in [0.15, 0.2) is 11.3 Å². The third-order valence-electron chi connectivity index (χ3n) is 2.08. The second-order valence-electron chi connectivity index (χ2n) is 3.51. The summed E-state index contributed by atoms with van der Waals surface area (Å²) >= 11 is 0. The first kappa shape index (κ1) is 9.77. The van der Waals surface area contributed by atoms with Crippen molar-refractivity contribution in [2.45, 2.75) is 26.8 Å². The van der Waals surface area contributed by atoms with Gasteiger partial charge in [-0.15, -0.1) is 0 Å². The van der Waals surface area contributed by atoms with Gasteiger partial charge in [-0.2, -0.15) is 0 Å². The maximum atomic E-state index is 11.2. The molecule has 0 saturated heterocycles. The van der Waals surface area contributed by atoms with Gasteiger partial charge < -0.3 is 10.4 Å². The zero-order valence-electron chi connectivity index (χ0n) is 7.92. The van der Waals surface area contributed by atoms with Crippen LogP contribution in [0, 0.1) is 5.92 Å². The zero-order chi connectivity index (χ0) is 10.2. The van der Waals surface area contributed by atoms with Crippen molar-refractivity contribution in [3.63, 3.8) is 0 Å². The van der Waals surface area contributed by atoms with Crippen molar-refractivity contribution >= 4 is 11.7 Å². The number of carbonyl (C=O) groups excluding carboxylic acids is 2. The number of aliphatic hydroxyl groups excluding tert-OH is 1. The predicted octanol–water partition coefficient (Wildman–Crippen LogP) is 0.542. The summed E-state index contributed by atoms with van der Waals surface area (Å²) < 4.78 is 0. The van der Waals surface area contributed by atoms with Gasteiger partial charge in [-0.05, 0) is 12.8 Å². The van der Waals surface area contributed by atoms with E-state index in [4.69, 9.17) is 0 Å². The Bertz CT molecular complexity index is 291. The maximum absolute atomic E-state index is 11.2. The van der Waals surface area contributed by atoms with Gasteiger partial charge in [0.25, 0.3) is 5.91 Å². The molecule has 4 nitrogen and oxygen atoms in total. The molecule has 0 aliphatic carbocycles. The quantitative estimate of drug-likeness (QED) is 0.614. The Hall–Kier alpha value is -1.32. The number of ketones is 1. The first-order valence-electron chi connectivity index (χ1n) is 4.20. The van der Waals surface area contributed by atoms with Crippen LogP contribution in [0.3, 0.4) is 0 Å². The summed E-state index contributed by atoms with van der Waals surface area (Å²) in [7, 11) is 0. The fourth-order valence-corrected chi connectivity index (χ4v) is 1.38. The molecule has 0 spiro atoms. The minimum Gasteiger partial charge on any atom is -0.509 e. The number of aliphatic hydroxyl groups is 1. The Balaban J connectivity index is 3.04. The van der Waals surface area contributed by atoms with Gasteiger partial charge in [0.05, 0.1) is 6.04 Å².